The van der Waals surface area contributed by atoms with Crippen molar-refractivity contribution in [2.45, 2.75) is 19.8 Å². The summed E-state index contributed by atoms with van der Waals surface area (Å²) in [6.45, 7) is 4.53. The lowest BCUT2D eigenvalue weighted by molar-refractivity contribution is -0.131. The lowest BCUT2D eigenvalue weighted by Crippen LogP contribution is -2.49. The van der Waals surface area contributed by atoms with Gasteiger partial charge in [0.15, 0.2) is 6.61 Å². The molecule has 2 aromatic rings. The molecule has 0 saturated carbocycles. The van der Waals surface area contributed by atoms with Gasteiger partial charge in [0, 0.05) is 37.6 Å². The Morgan fingerprint density at radius 2 is 1.80 bits per heavy atom. The minimum atomic E-state index is -0.310. The molecule has 160 valence electrons. The van der Waals surface area contributed by atoms with E-state index in [1.807, 2.05) is 17.9 Å². The van der Waals surface area contributed by atoms with Crippen LogP contribution in [0.1, 0.15) is 19.8 Å². The molecule has 8 heteroatoms. The van der Waals surface area contributed by atoms with E-state index in [1.54, 1.807) is 36.4 Å². The highest BCUT2D eigenvalue weighted by Crippen LogP contribution is 2.30. The van der Waals surface area contributed by atoms with Crippen molar-refractivity contribution in [3.05, 3.63) is 52.5 Å². The van der Waals surface area contributed by atoms with E-state index in [2.05, 4.69) is 10.2 Å². The van der Waals surface area contributed by atoms with Gasteiger partial charge in [0.05, 0.1) is 16.4 Å². The predicted molar refractivity (Wildman–Crippen MR) is 121 cm³/mol. The molecule has 2 aromatic carbocycles. The lowest BCUT2D eigenvalue weighted by Gasteiger charge is -2.37. The number of carbonyl (C=O) groups is 2. The Morgan fingerprint density at radius 3 is 2.50 bits per heavy atom. The summed E-state index contributed by atoms with van der Waals surface area (Å²) in [7, 11) is 0. The van der Waals surface area contributed by atoms with Crippen LogP contribution in [0.15, 0.2) is 42.5 Å². The van der Waals surface area contributed by atoms with E-state index < -0.39 is 0 Å². The van der Waals surface area contributed by atoms with Gasteiger partial charge in [-0.1, -0.05) is 42.3 Å². The van der Waals surface area contributed by atoms with E-state index in [1.165, 1.54) is 0 Å². The number of hydrogen-bond donors (Lipinski definition) is 1. The third-order valence-electron chi connectivity index (χ3n) is 4.87. The number of piperazine rings is 1. The molecule has 1 aliphatic rings. The van der Waals surface area contributed by atoms with Crippen molar-refractivity contribution in [3.8, 4) is 5.75 Å². The summed E-state index contributed by atoms with van der Waals surface area (Å²) in [4.78, 5) is 28.6. The molecule has 1 fully saturated rings. The number of carbonyl (C=O) groups excluding carboxylic acids is 2. The fraction of sp³-hybridized carbons (Fsp3) is 0.364. The highest BCUT2D eigenvalue weighted by Gasteiger charge is 2.22. The smallest absolute Gasteiger partial charge is 0.262 e. The van der Waals surface area contributed by atoms with Crippen LogP contribution < -0.4 is 15.0 Å². The van der Waals surface area contributed by atoms with Gasteiger partial charge in [-0.2, -0.15) is 0 Å². The van der Waals surface area contributed by atoms with E-state index in [9.17, 15) is 9.59 Å². The Balaban J connectivity index is 1.63. The zero-order valence-electron chi connectivity index (χ0n) is 16.9. The summed E-state index contributed by atoms with van der Waals surface area (Å²) in [5.74, 6) is 0.335. The molecule has 1 saturated heterocycles. The van der Waals surface area contributed by atoms with Gasteiger partial charge in [0.1, 0.15) is 5.75 Å². The van der Waals surface area contributed by atoms with E-state index in [4.69, 9.17) is 27.9 Å². The van der Waals surface area contributed by atoms with Gasteiger partial charge in [-0.05, 0) is 36.8 Å². The molecule has 0 bridgehead atoms. The van der Waals surface area contributed by atoms with Crippen molar-refractivity contribution in [1.29, 1.82) is 0 Å². The maximum absolute atomic E-state index is 12.5. The molecule has 6 nitrogen and oxygen atoms in total. The summed E-state index contributed by atoms with van der Waals surface area (Å²) in [6.07, 6.45) is 1.43. The van der Waals surface area contributed by atoms with Gasteiger partial charge >= 0.3 is 0 Å². The minimum absolute atomic E-state index is 0.172. The van der Waals surface area contributed by atoms with Crippen molar-refractivity contribution in [2.24, 2.45) is 0 Å². The van der Waals surface area contributed by atoms with Crippen LogP contribution >= 0.6 is 23.2 Å². The maximum atomic E-state index is 12.5. The maximum Gasteiger partial charge on any atom is 0.262 e. The summed E-state index contributed by atoms with van der Waals surface area (Å²) >= 11 is 12.2. The van der Waals surface area contributed by atoms with Crippen molar-refractivity contribution >= 4 is 46.4 Å². The van der Waals surface area contributed by atoms with Gasteiger partial charge in [0.2, 0.25) is 5.91 Å². The van der Waals surface area contributed by atoms with Crippen molar-refractivity contribution in [1.82, 2.24) is 4.90 Å². The van der Waals surface area contributed by atoms with E-state index >= 15 is 0 Å². The van der Waals surface area contributed by atoms with Crippen LogP contribution in [0.2, 0.25) is 10.0 Å². The second kappa shape index (κ2) is 10.5. The first-order valence-electron chi connectivity index (χ1n) is 9.97. The molecule has 0 atom stereocenters. The summed E-state index contributed by atoms with van der Waals surface area (Å²) < 4.78 is 5.52. The zero-order valence-corrected chi connectivity index (χ0v) is 18.4. The van der Waals surface area contributed by atoms with Crippen molar-refractivity contribution < 1.29 is 14.3 Å². The lowest BCUT2D eigenvalue weighted by atomic mass is 10.2. The largest absolute Gasteiger partial charge is 0.482 e. The second-order valence-corrected chi connectivity index (χ2v) is 7.89. The molecular formula is C22H25Cl2N3O3. The monoisotopic (exact) mass is 449 g/mol. The average Bonchev–Trinajstić information content (AvgIpc) is 2.74. The summed E-state index contributed by atoms with van der Waals surface area (Å²) in [5.41, 5.74) is 1.48. The predicted octanol–water partition coefficient (Wildman–Crippen LogP) is 4.46. The fourth-order valence-corrected chi connectivity index (χ4v) is 3.71. The van der Waals surface area contributed by atoms with Gasteiger partial charge < -0.3 is 19.9 Å². The Hall–Kier alpha value is -2.44. The first kappa shape index (κ1) is 22.2. The third kappa shape index (κ3) is 5.80. The minimum Gasteiger partial charge on any atom is -0.482 e. The number of rotatable bonds is 7. The third-order valence-corrected chi connectivity index (χ3v) is 5.41. The average molecular weight is 450 g/mol. The van der Waals surface area contributed by atoms with Gasteiger partial charge in [-0.25, -0.2) is 0 Å². The molecule has 1 aliphatic heterocycles. The molecular weight excluding hydrogens is 425 g/mol. The van der Waals surface area contributed by atoms with Crippen LogP contribution in [0.4, 0.5) is 11.4 Å². The number of ether oxygens (including phenoxy) is 1. The van der Waals surface area contributed by atoms with Gasteiger partial charge in [0.25, 0.3) is 5.91 Å². The molecule has 0 aliphatic carbocycles. The SMILES string of the molecule is CCCC(=O)N1CCN(c2ccc(Cl)cc2NC(=O)COc2ccccc2Cl)CC1. The van der Waals surface area contributed by atoms with Crippen molar-refractivity contribution in [3.63, 3.8) is 0 Å². The first-order valence-corrected chi connectivity index (χ1v) is 10.7. The normalized spacial score (nSPS) is 13.8. The number of anilines is 2. The van der Waals surface area contributed by atoms with Crippen LogP contribution in [-0.2, 0) is 9.59 Å². The Kier molecular flexibility index (Phi) is 7.82. The van der Waals surface area contributed by atoms with Crippen LogP contribution in [-0.4, -0.2) is 49.5 Å². The number of halogens is 2. The van der Waals surface area contributed by atoms with E-state index in [0.717, 1.165) is 12.1 Å². The molecule has 1 heterocycles. The highest BCUT2D eigenvalue weighted by atomic mass is 35.5. The number of nitrogens with zero attached hydrogens (tertiary/aromatic N) is 2. The Morgan fingerprint density at radius 1 is 1.07 bits per heavy atom. The quantitative estimate of drug-likeness (QED) is 0.677. The van der Waals surface area contributed by atoms with E-state index in [-0.39, 0.29) is 18.4 Å². The molecule has 30 heavy (non-hydrogen) atoms. The zero-order chi connectivity index (χ0) is 21.5. The molecule has 1 N–H and O–H groups in total. The number of nitrogens with one attached hydrogen (secondary N) is 1. The second-order valence-electron chi connectivity index (χ2n) is 7.05. The number of benzene rings is 2. The van der Waals surface area contributed by atoms with Gasteiger partial charge in [-0.15, -0.1) is 0 Å². The van der Waals surface area contributed by atoms with E-state index in [0.29, 0.717) is 54.1 Å². The van der Waals surface area contributed by atoms with Crippen LogP contribution in [0.25, 0.3) is 0 Å². The molecule has 2 amide bonds. The first-order chi connectivity index (χ1) is 14.5. The number of hydrogen-bond acceptors (Lipinski definition) is 4. The molecule has 0 aromatic heterocycles. The van der Waals surface area contributed by atoms with Crippen molar-refractivity contribution in [2.75, 3.05) is 43.0 Å². The van der Waals surface area contributed by atoms with Crippen LogP contribution in [0.5, 0.6) is 5.75 Å². The number of amides is 2. The Labute approximate surface area is 186 Å². The van der Waals surface area contributed by atoms with Gasteiger partial charge in [-0.3, -0.25) is 9.59 Å². The standard InChI is InChI=1S/C22H25Cl2N3O3/c1-2-5-22(29)27-12-10-26(11-13-27)19-9-8-16(23)14-18(19)25-21(28)15-30-20-7-4-3-6-17(20)24/h3-4,6-9,14H,2,5,10-13,15H2,1H3,(H,25,28). The topological polar surface area (TPSA) is 61.9 Å². The number of para-hydroxylation sites is 1. The fourth-order valence-electron chi connectivity index (χ4n) is 3.34. The molecule has 0 radical (unpaired) electrons. The molecule has 3 rings (SSSR count). The van der Waals surface area contributed by atoms with Crippen LogP contribution in [0.3, 0.4) is 0 Å². The highest BCUT2D eigenvalue weighted by molar-refractivity contribution is 6.32. The molecule has 0 spiro atoms. The summed E-state index contributed by atoms with van der Waals surface area (Å²) in [6, 6.07) is 12.4. The summed E-state index contributed by atoms with van der Waals surface area (Å²) in [5, 5.41) is 3.85. The van der Waals surface area contributed by atoms with Crippen LogP contribution in [0, 0.1) is 0 Å². The Bertz CT molecular complexity index is 899. The molecule has 0 unspecified atom stereocenters.